The zero-order valence-electron chi connectivity index (χ0n) is 16.0. The standard InChI is InChI=1S/C24H22N2O2/c1-15-20(14-25)23(17-8-10-19(28-2)11-9-17)24-21(26-15)12-18(13-22(24)27)16-6-4-3-5-7-16/h3-11,18,23,26H,12-13H2,1-2H3/t18-,23-/m1/s1. The molecule has 140 valence electrons. The van der Waals surface area contributed by atoms with Gasteiger partial charge in [-0.25, -0.2) is 0 Å². The molecule has 28 heavy (non-hydrogen) atoms. The number of carbonyl (C=O) groups excluding carboxylic acids is 1. The Kier molecular flexibility index (Phi) is 4.75. The summed E-state index contributed by atoms with van der Waals surface area (Å²) in [5.74, 6) is 0.707. The number of Topliss-reactive ketones (excluding diaryl/α,β-unsaturated/α-hetero) is 1. The molecule has 0 amide bonds. The third-order valence-corrected chi connectivity index (χ3v) is 5.67. The molecule has 2 aromatic carbocycles. The van der Waals surface area contributed by atoms with Crippen molar-refractivity contribution in [3.63, 3.8) is 0 Å². The normalized spacial score (nSPS) is 21.7. The van der Waals surface area contributed by atoms with Gasteiger partial charge in [0.15, 0.2) is 5.78 Å². The summed E-state index contributed by atoms with van der Waals surface area (Å²) in [4.78, 5) is 13.2. The van der Waals surface area contributed by atoms with Crippen molar-refractivity contribution >= 4 is 5.78 Å². The first kappa shape index (κ1) is 18.1. The van der Waals surface area contributed by atoms with Crippen LogP contribution in [0.5, 0.6) is 5.75 Å². The van der Waals surface area contributed by atoms with E-state index in [2.05, 4.69) is 23.5 Å². The van der Waals surface area contributed by atoms with Crippen molar-refractivity contribution in [1.82, 2.24) is 5.32 Å². The lowest BCUT2D eigenvalue weighted by Crippen LogP contribution is -2.33. The Balaban J connectivity index is 1.77. The van der Waals surface area contributed by atoms with E-state index in [1.165, 1.54) is 5.56 Å². The number of hydrogen-bond donors (Lipinski definition) is 1. The van der Waals surface area contributed by atoms with Crippen LogP contribution < -0.4 is 10.1 Å². The number of methoxy groups -OCH3 is 1. The number of allylic oxidation sites excluding steroid dienone is 4. The lowest BCUT2D eigenvalue weighted by molar-refractivity contribution is -0.116. The number of carbonyl (C=O) groups is 1. The Morgan fingerprint density at radius 3 is 2.39 bits per heavy atom. The summed E-state index contributed by atoms with van der Waals surface area (Å²) in [6.07, 6.45) is 1.24. The number of benzene rings is 2. The average molecular weight is 370 g/mol. The maximum absolute atomic E-state index is 13.2. The van der Waals surface area contributed by atoms with Crippen molar-refractivity contribution in [1.29, 1.82) is 5.26 Å². The number of ether oxygens (including phenoxy) is 1. The molecular formula is C24H22N2O2. The largest absolute Gasteiger partial charge is 0.497 e. The van der Waals surface area contributed by atoms with Gasteiger partial charge in [0.2, 0.25) is 0 Å². The average Bonchev–Trinajstić information content (AvgIpc) is 2.73. The molecule has 1 aliphatic heterocycles. The Hall–Kier alpha value is -3.32. The van der Waals surface area contributed by atoms with Crippen LogP contribution in [0.4, 0.5) is 0 Å². The summed E-state index contributed by atoms with van der Waals surface area (Å²) >= 11 is 0. The highest BCUT2D eigenvalue weighted by Gasteiger charge is 2.38. The van der Waals surface area contributed by atoms with Crippen LogP contribution in [-0.4, -0.2) is 12.9 Å². The number of dihydropyridines is 1. The van der Waals surface area contributed by atoms with Gasteiger partial charge >= 0.3 is 0 Å². The van der Waals surface area contributed by atoms with Crippen molar-refractivity contribution in [2.24, 2.45) is 0 Å². The summed E-state index contributed by atoms with van der Waals surface area (Å²) in [5, 5.41) is 13.2. The number of rotatable bonds is 3. The molecule has 4 nitrogen and oxygen atoms in total. The highest BCUT2D eigenvalue weighted by molar-refractivity contribution is 6.00. The van der Waals surface area contributed by atoms with E-state index in [1.54, 1.807) is 7.11 Å². The first-order valence-corrected chi connectivity index (χ1v) is 9.45. The second-order valence-electron chi connectivity index (χ2n) is 7.31. The minimum absolute atomic E-state index is 0.115. The molecule has 2 aromatic rings. The molecule has 0 saturated carbocycles. The second-order valence-corrected chi connectivity index (χ2v) is 7.31. The van der Waals surface area contributed by atoms with E-state index in [1.807, 2.05) is 49.4 Å². The summed E-state index contributed by atoms with van der Waals surface area (Å²) in [6, 6.07) is 20.1. The van der Waals surface area contributed by atoms with Crippen LogP contribution in [0.3, 0.4) is 0 Å². The van der Waals surface area contributed by atoms with E-state index in [-0.39, 0.29) is 17.6 Å². The molecule has 0 radical (unpaired) electrons. The van der Waals surface area contributed by atoms with E-state index in [0.717, 1.165) is 34.7 Å². The van der Waals surface area contributed by atoms with Crippen LogP contribution in [0.15, 0.2) is 77.1 Å². The molecule has 0 bridgehead atoms. The van der Waals surface area contributed by atoms with Gasteiger partial charge in [-0.1, -0.05) is 42.5 Å². The summed E-state index contributed by atoms with van der Waals surface area (Å²) in [7, 11) is 1.62. The van der Waals surface area contributed by atoms with Gasteiger partial charge in [-0.05, 0) is 42.5 Å². The van der Waals surface area contributed by atoms with Crippen LogP contribution in [0.25, 0.3) is 0 Å². The third kappa shape index (κ3) is 3.10. The molecule has 0 aromatic heterocycles. The van der Waals surface area contributed by atoms with Gasteiger partial charge in [0.1, 0.15) is 5.75 Å². The molecule has 4 heteroatoms. The van der Waals surface area contributed by atoms with Crippen LogP contribution in [0.2, 0.25) is 0 Å². The summed E-state index contributed by atoms with van der Waals surface area (Å²) < 4.78 is 5.25. The summed E-state index contributed by atoms with van der Waals surface area (Å²) in [6.45, 7) is 1.91. The number of nitrogens with one attached hydrogen (secondary N) is 1. The lowest BCUT2D eigenvalue weighted by Gasteiger charge is -2.35. The number of ketones is 1. The molecule has 0 spiro atoms. The zero-order chi connectivity index (χ0) is 19.7. The molecular weight excluding hydrogens is 348 g/mol. The molecule has 4 rings (SSSR count). The quantitative estimate of drug-likeness (QED) is 0.859. The summed E-state index contributed by atoms with van der Waals surface area (Å²) in [5.41, 5.74) is 5.23. The highest BCUT2D eigenvalue weighted by Crippen LogP contribution is 2.45. The monoisotopic (exact) mass is 370 g/mol. The van der Waals surface area contributed by atoms with Gasteiger partial charge in [-0.2, -0.15) is 5.26 Å². The van der Waals surface area contributed by atoms with Crippen LogP contribution >= 0.6 is 0 Å². The maximum atomic E-state index is 13.2. The number of nitriles is 1. The molecule has 2 aliphatic rings. The van der Waals surface area contributed by atoms with Gasteiger partial charge in [0, 0.05) is 23.4 Å². The van der Waals surface area contributed by atoms with Crippen LogP contribution in [0, 0.1) is 11.3 Å². The van der Waals surface area contributed by atoms with Crippen molar-refractivity contribution in [3.8, 4) is 11.8 Å². The van der Waals surface area contributed by atoms with Crippen molar-refractivity contribution in [3.05, 3.63) is 88.3 Å². The highest BCUT2D eigenvalue weighted by atomic mass is 16.5. The molecule has 0 fully saturated rings. The predicted molar refractivity (Wildman–Crippen MR) is 108 cm³/mol. The fourth-order valence-electron chi connectivity index (χ4n) is 4.28. The molecule has 1 N–H and O–H groups in total. The number of hydrogen-bond acceptors (Lipinski definition) is 4. The fraction of sp³-hybridized carbons (Fsp3) is 0.250. The van der Waals surface area contributed by atoms with E-state index in [4.69, 9.17) is 4.74 Å². The van der Waals surface area contributed by atoms with Gasteiger partial charge in [0.25, 0.3) is 0 Å². The van der Waals surface area contributed by atoms with Gasteiger partial charge in [-0.15, -0.1) is 0 Å². The van der Waals surface area contributed by atoms with Gasteiger partial charge in [-0.3, -0.25) is 4.79 Å². The minimum atomic E-state index is -0.323. The fourth-order valence-corrected chi connectivity index (χ4v) is 4.28. The van der Waals surface area contributed by atoms with Crippen molar-refractivity contribution < 1.29 is 9.53 Å². The Morgan fingerprint density at radius 1 is 1.04 bits per heavy atom. The van der Waals surface area contributed by atoms with Crippen molar-refractivity contribution in [2.45, 2.75) is 31.6 Å². The van der Waals surface area contributed by atoms with Crippen LogP contribution in [-0.2, 0) is 4.79 Å². The lowest BCUT2D eigenvalue weighted by atomic mass is 9.72. The van der Waals surface area contributed by atoms with E-state index in [9.17, 15) is 10.1 Å². The predicted octanol–water partition coefficient (Wildman–Crippen LogP) is 4.58. The minimum Gasteiger partial charge on any atom is -0.497 e. The van der Waals surface area contributed by atoms with E-state index in [0.29, 0.717) is 12.0 Å². The zero-order valence-corrected chi connectivity index (χ0v) is 16.0. The maximum Gasteiger partial charge on any atom is 0.162 e. The van der Waals surface area contributed by atoms with E-state index >= 15 is 0 Å². The Morgan fingerprint density at radius 2 is 1.75 bits per heavy atom. The molecule has 1 aliphatic carbocycles. The SMILES string of the molecule is COc1ccc([C@@H]2C(C#N)=C(C)NC3=C2C(=O)C[C@H](c2ccccc2)C3)cc1. The van der Waals surface area contributed by atoms with Crippen molar-refractivity contribution in [2.75, 3.05) is 7.11 Å². The first-order chi connectivity index (χ1) is 13.6. The molecule has 1 heterocycles. The number of nitrogens with zero attached hydrogens (tertiary/aromatic N) is 1. The second kappa shape index (κ2) is 7.36. The Bertz CT molecular complexity index is 1010. The van der Waals surface area contributed by atoms with Crippen LogP contribution in [0.1, 0.15) is 42.7 Å². The Labute approximate surface area is 165 Å². The molecule has 0 unspecified atom stereocenters. The third-order valence-electron chi connectivity index (χ3n) is 5.67. The molecule has 0 saturated heterocycles. The smallest absolute Gasteiger partial charge is 0.162 e. The van der Waals surface area contributed by atoms with E-state index < -0.39 is 0 Å². The van der Waals surface area contributed by atoms with Gasteiger partial charge in [0.05, 0.1) is 24.7 Å². The van der Waals surface area contributed by atoms with Gasteiger partial charge < -0.3 is 10.1 Å². The molecule has 2 atom stereocenters. The topological polar surface area (TPSA) is 62.1 Å². The first-order valence-electron chi connectivity index (χ1n) is 9.45.